The highest BCUT2D eigenvalue weighted by atomic mass is 16.2. The number of hydrogen-bond acceptors (Lipinski definition) is 2. The van der Waals surface area contributed by atoms with E-state index in [1.165, 1.54) is 4.90 Å². The van der Waals surface area contributed by atoms with Crippen LogP contribution in [0.3, 0.4) is 0 Å². The van der Waals surface area contributed by atoms with Gasteiger partial charge >= 0.3 is 0 Å². The van der Waals surface area contributed by atoms with E-state index in [1.807, 2.05) is 45.0 Å². The fraction of sp³-hybridized carbons (Fsp3) is 0.467. The van der Waals surface area contributed by atoms with E-state index < -0.39 is 0 Å². The molecule has 1 aromatic rings. The van der Waals surface area contributed by atoms with Gasteiger partial charge in [0.05, 0.1) is 5.69 Å². The van der Waals surface area contributed by atoms with Crippen LogP contribution in [0.1, 0.15) is 38.7 Å². The zero-order valence-electron chi connectivity index (χ0n) is 11.2. The van der Waals surface area contributed by atoms with Crippen molar-refractivity contribution in [1.82, 2.24) is 0 Å². The van der Waals surface area contributed by atoms with Crippen LogP contribution >= 0.6 is 0 Å². The van der Waals surface area contributed by atoms with Crippen LogP contribution in [0.2, 0.25) is 0 Å². The van der Waals surface area contributed by atoms with Crippen LogP contribution in [0.15, 0.2) is 24.3 Å². The van der Waals surface area contributed by atoms with Gasteiger partial charge in [-0.2, -0.15) is 0 Å². The van der Waals surface area contributed by atoms with Gasteiger partial charge in [-0.1, -0.05) is 31.5 Å². The number of piperidine rings is 1. The average Bonchev–Trinajstić information content (AvgIpc) is 2.30. The molecular weight excluding hydrogens is 226 g/mol. The summed E-state index contributed by atoms with van der Waals surface area (Å²) < 4.78 is 0. The third-order valence-corrected chi connectivity index (χ3v) is 3.80. The summed E-state index contributed by atoms with van der Waals surface area (Å²) in [5.41, 5.74) is 1.64. The predicted molar refractivity (Wildman–Crippen MR) is 71.3 cm³/mol. The lowest BCUT2D eigenvalue weighted by Gasteiger charge is -2.36. The number of rotatable bonds is 2. The fourth-order valence-corrected chi connectivity index (χ4v) is 2.32. The normalized spacial score (nSPS) is 19.2. The van der Waals surface area contributed by atoms with Gasteiger partial charge in [-0.3, -0.25) is 14.5 Å². The van der Waals surface area contributed by atoms with Crippen molar-refractivity contribution < 1.29 is 9.59 Å². The second kappa shape index (κ2) is 4.56. The summed E-state index contributed by atoms with van der Waals surface area (Å²) in [4.78, 5) is 25.7. The molecule has 2 amide bonds. The summed E-state index contributed by atoms with van der Waals surface area (Å²) >= 11 is 0. The molecule has 96 valence electrons. The molecule has 3 nitrogen and oxygen atoms in total. The molecule has 3 heteroatoms. The maximum Gasteiger partial charge on any atom is 0.234 e. The molecule has 1 aliphatic rings. The molecule has 1 aliphatic heterocycles. The van der Waals surface area contributed by atoms with E-state index in [0.717, 1.165) is 12.0 Å². The van der Waals surface area contributed by atoms with E-state index in [0.29, 0.717) is 18.5 Å². The fourth-order valence-electron chi connectivity index (χ4n) is 2.32. The minimum atomic E-state index is -0.171. The van der Waals surface area contributed by atoms with E-state index in [-0.39, 0.29) is 17.2 Å². The molecule has 18 heavy (non-hydrogen) atoms. The first-order valence-corrected chi connectivity index (χ1v) is 6.38. The molecule has 1 heterocycles. The highest BCUT2D eigenvalue weighted by Gasteiger charge is 2.39. The molecule has 2 rings (SSSR count). The lowest BCUT2D eigenvalue weighted by Crippen LogP contribution is -2.47. The number of hydrogen-bond donors (Lipinski definition) is 0. The number of imide groups is 1. The Kier molecular flexibility index (Phi) is 3.24. The largest absolute Gasteiger partial charge is 0.274 e. The lowest BCUT2D eigenvalue weighted by molar-refractivity contribution is -0.133. The number of nitrogens with zero attached hydrogens (tertiary/aromatic N) is 1. The van der Waals surface area contributed by atoms with Crippen molar-refractivity contribution in [2.24, 2.45) is 5.41 Å². The van der Waals surface area contributed by atoms with Crippen LogP contribution in [0, 0.1) is 12.3 Å². The van der Waals surface area contributed by atoms with Crippen molar-refractivity contribution in [1.29, 1.82) is 0 Å². The summed E-state index contributed by atoms with van der Waals surface area (Å²) in [6, 6.07) is 7.51. The molecule has 0 unspecified atom stereocenters. The highest BCUT2D eigenvalue weighted by molar-refractivity contribution is 6.16. The quantitative estimate of drug-likeness (QED) is 0.751. The number of aryl methyl sites for hydroxylation is 1. The molecule has 0 aromatic heterocycles. The molecule has 0 bridgehead atoms. The Labute approximate surface area is 108 Å². The SMILES string of the molecule is CCC1(C)CC(=O)N(c2ccc(C)cc2)C(=O)C1. The first kappa shape index (κ1) is 12.8. The average molecular weight is 245 g/mol. The van der Waals surface area contributed by atoms with E-state index in [2.05, 4.69) is 0 Å². The summed E-state index contributed by atoms with van der Waals surface area (Å²) in [6.45, 7) is 6.02. The standard InChI is InChI=1S/C15H19NO2/c1-4-15(3)9-13(17)16(14(18)10-15)12-7-5-11(2)6-8-12/h5-8H,4,9-10H2,1-3H3. The zero-order valence-corrected chi connectivity index (χ0v) is 11.2. The Morgan fingerprint density at radius 1 is 1.11 bits per heavy atom. The molecular formula is C15H19NO2. The third kappa shape index (κ3) is 2.30. The van der Waals surface area contributed by atoms with E-state index in [9.17, 15) is 9.59 Å². The topological polar surface area (TPSA) is 37.4 Å². The van der Waals surface area contributed by atoms with Crippen molar-refractivity contribution in [2.75, 3.05) is 4.90 Å². The Morgan fingerprint density at radius 2 is 1.61 bits per heavy atom. The first-order valence-electron chi connectivity index (χ1n) is 6.38. The van der Waals surface area contributed by atoms with Gasteiger partial charge in [0.2, 0.25) is 11.8 Å². The Morgan fingerprint density at radius 3 is 2.06 bits per heavy atom. The van der Waals surface area contributed by atoms with Crippen molar-refractivity contribution >= 4 is 17.5 Å². The van der Waals surface area contributed by atoms with E-state index in [1.54, 1.807) is 0 Å². The van der Waals surface area contributed by atoms with Crippen molar-refractivity contribution in [3.63, 3.8) is 0 Å². The molecule has 0 radical (unpaired) electrons. The summed E-state index contributed by atoms with van der Waals surface area (Å²) in [5.74, 6) is -0.168. The summed E-state index contributed by atoms with van der Waals surface area (Å²) in [6.07, 6.45) is 1.75. The van der Waals surface area contributed by atoms with E-state index in [4.69, 9.17) is 0 Å². The Bertz CT molecular complexity index is 458. The van der Waals surface area contributed by atoms with Gasteiger partial charge in [0.1, 0.15) is 0 Å². The number of carbonyl (C=O) groups is 2. The van der Waals surface area contributed by atoms with Crippen LogP contribution in [-0.2, 0) is 9.59 Å². The monoisotopic (exact) mass is 245 g/mol. The minimum absolute atomic E-state index is 0.0838. The van der Waals surface area contributed by atoms with Crippen molar-refractivity contribution in [3.8, 4) is 0 Å². The Balaban J connectivity index is 2.28. The van der Waals surface area contributed by atoms with Gasteiger partial charge in [-0.25, -0.2) is 0 Å². The molecule has 0 aliphatic carbocycles. The van der Waals surface area contributed by atoms with Gasteiger partial charge < -0.3 is 0 Å². The second-order valence-corrected chi connectivity index (χ2v) is 5.48. The summed E-state index contributed by atoms with van der Waals surface area (Å²) in [5, 5.41) is 0. The van der Waals surface area contributed by atoms with Crippen LogP contribution < -0.4 is 4.90 Å². The Hall–Kier alpha value is -1.64. The highest BCUT2D eigenvalue weighted by Crippen LogP contribution is 2.37. The number of anilines is 1. The zero-order chi connectivity index (χ0) is 13.3. The predicted octanol–water partition coefficient (Wildman–Crippen LogP) is 3.06. The smallest absolute Gasteiger partial charge is 0.234 e. The van der Waals surface area contributed by atoms with Gasteiger partial charge in [0.15, 0.2) is 0 Å². The summed E-state index contributed by atoms with van der Waals surface area (Å²) in [7, 11) is 0. The van der Waals surface area contributed by atoms with Crippen LogP contribution in [0.4, 0.5) is 5.69 Å². The van der Waals surface area contributed by atoms with Crippen molar-refractivity contribution in [2.45, 2.75) is 40.0 Å². The molecule has 1 aromatic carbocycles. The van der Waals surface area contributed by atoms with Gasteiger partial charge in [-0.05, 0) is 30.9 Å². The molecule has 0 atom stereocenters. The molecule has 1 fully saturated rings. The van der Waals surface area contributed by atoms with Gasteiger partial charge in [0.25, 0.3) is 0 Å². The van der Waals surface area contributed by atoms with E-state index >= 15 is 0 Å². The van der Waals surface area contributed by atoms with Crippen LogP contribution in [-0.4, -0.2) is 11.8 Å². The third-order valence-electron chi connectivity index (χ3n) is 3.80. The molecule has 0 N–H and O–H groups in total. The number of amides is 2. The second-order valence-electron chi connectivity index (χ2n) is 5.48. The van der Waals surface area contributed by atoms with Crippen LogP contribution in [0.25, 0.3) is 0 Å². The first-order chi connectivity index (χ1) is 8.45. The molecule has 1 saturated heterocycles. The van der Waals surface area contributed by atoms with Gasteiger partial charge in [-0.15, -0.1) is 0 Å². The number of benzene rings is 1. The number of carbonyl (C=O) groups excluding carboxylic acids is 2. The van der Waals surface area contributed by atoms with Crippen molar-refractivity contribution in [3.05, 3.63) is 29.8 Å². The molecule has 0 spiro atoms. The maximum absolute atomic E-state index is 12.2. The lowest BCUT2D eigenvalue weighted by atomic mass is 9.77. The minimum Gasteiger partial charge on any atom is -0.274 e. The van der Waals surface area contributed by atoms with Gasteiger partial charge in [0, 0.05) is 12.8 Å². The maximum atomic E-state index is 12.2. The van der Waals surface area contributed by atoms with Crippen LogP contribution in [0.5, 0.6) is 0 Å². The molecule has 0 saturated carbocycles.